The average Bonchev–Trinajstić information content (AvgIpc) is 3.14. The number of anilines is 1. The van der Waals surface area contributed by atoms with Crippen LogP contribution in [0.25, 0.3) is 16.9 Å². The third-order valence-electron chi connectivity index (χ3n) is 6.47. The maximum Gasteiger partial charge on any atom is 0.409 e. The molecule has 10 heteroatoms. The first kappa shape index (κ1) is 23.2. The Hall–Kier alpha value is -3.53. The molecule has 5 rings (SSSR count). The number of pyridine rings is 1. The third-order valence-corrected chi connectivity index (χ3v) is 6.47. The zero-order valence-corrected chi connectivity index (χ0v) is 19.5. The molecule has 1 aliphatic carbocycles. The van der Waals surface area contributed by atoms with Crippen LogP contribution in [-0.4, -0.2) is 65.1 Å². The molecular weight excluding hydrogens is 458 g/mol. The van der Waals surface area contributed by atoms with Crippen LogP contribution in [0.4, 0.5) is 19.3 Å². The number of fused-ring (bicyclic) bond motifs is 1. The first-order valence-corrected chi connectivity index (χ1v) is 11.5. The van der Waals surface area contributed by atoms with Crippen molar-refractivity contribution in [3.63, 3.8) is 0 Å². The topological polar surface area (TPSA) is 85.2 Å². The van der Waals surface area contributed by atoms with Gasteiger partial charge in [-0.15, -0.1) is 0 Å². The van der Waals surface area contributed by atoms with Crippen molar-refractivity contribution in [1.29, 1.82) is 0 Å². The van der Waals surface area contributed by atoms with Gasteiger partial charge in [0.2, 0.25) is 0 Å². The van der Waals surface area contributed by atoms with Gasteiger partial charge < -0.3 is 24.1 Å². The van der Waals surface area contributed by atoms with Gasteiger partial charge in [-0.05, 0) is 36.8 Å². The van der Waals surface area contributed by atoms with E-state index in [-0.39, 0.29) is 35.2 Å². The Bertz CT molecular complexity index is 1280. The Kier molecular flexibility index (Phi) is 6.14. The van der Waals surface area contributed by atoms with E-state index in [1.165, 1.54) is 19.2 Å². The van der Waals surface area contributed by atoms with Gasteiger partial charge in [-0.3, -0.25) is 4.79 Å². The lowest BCUT2D eigenvalue weighted by Gasteiger charge is -2.32. The van der Waals surface area contributed by atoms with Crippen molar-refractivity contribution in [1.82, 2.24) is 14.3 Å². The smallest absolute Gasteiger partial charge is 0.409 e. The Labute approximate surface area is 200 Å². The maximum absolute atomic E-state index is 15.3. The molecule has 184 valence electrons. The zero-order valence-electron chi connectivity index (χ0n) is 19.5. The number of methoxy groups -OCH3 is 1. The summed E-state index contributed by atoms with van der Waals surface area (Å²) < 4.78 is 43.2. The maximum atomic E-state index is 15.3. The molecule has 1 N–H and O–H groups in total. The van der Waals surface area contributed by atoms with Crippen LogP contribution in [0.2, 0.25) is 0 Å². The van der Waals surface area contributed by atoms with Crippen molar-refractivity contribution >= 4 is 23.2 Å². The molecule has 8 nitrogen and oxygen atoms in total. The lowest BCUT2D eigenvalue weighted by Crippen LogP contribution is -2.46. The van der Waals surface area contributed by atoms with Crippen molar-refractivity contribution in [3.8, 4) is 11.3 Å². The summed E-state index contributed by atoms with van der Waals surface area (Å²) in [6.45, 7) is 2.95. The summed E-state index contributed by atoms with van der Waals surface area (Å²) in [5.41, 5.74) is 2.35. The standard InChI is InChI=1S/C25H26F2N4O4/c1-14-3-4-31-21(12-18-13-30(5-6-35-18)25(33)34-2)24(29-22(31)7-14)23-19(26)10-16(11-20(23)27)28-15-8-17(32)9-15/h3-4,7,10-11,15,18,28H,5-6,8-9,12-13H2,1-2H3. The number of hydrogen-bond acceptors (Lipinski definition) is 6. The Balaban J connectivity index is 1.51. The molecule has 35 heavy (non-hydrogen) atoms. The van der Waals surface area contributed by atoms with Crippen molar-refractivity contribution < 1.29 is 27.8 Å². The molecule has 0 spiro atoms. The molecule has 1 aliphatic heterocycles. The van der Waals surface area contributed by atoms with Gasteiger partial charge in [-0.1, -0.05) is 0 Å². The molecule has 3 aromatic rings. The second kappa shape index (κ2) is 9.26. The van der Waals surface area contributed by atoms with E-state index in [1.54, 1.807) is 9.30 Å². The first-order valence-electron chi connectivity index (χ1n) is 11.5. The van der Waals surface area contributed by atoms with Gasteiger partial charge in [-0.2, -0.15) is 0 Å². The minimum absolute atomic E-state index is 0.109. The highest BCUT2D eigenvalue weighted by Crippen LogP contribution is 2.34. The monoisotopic (exact) mass is 484 g/mol. The van der Waals surface area contributed by atoms with Gasteiger partial charge in [-0.25, -0.2) is 18.6 Å². The number of carbonyl (C=O) groups excluding carboxylic acids is 2. The Morgan fingerprint density at radius 3 is 2.69 bits per heavy atom. The number of benzene rings is 1. The first-order chi connectivity index (χ1) is 16.8. The molecule has 1 saturated heterocycles. The third kappa shape index (κ3) is 4.58. The van der Waals surface area contributed by atoms with Gasteiger partial charge in [0, 0.05) is 43.7 Å². The molecule has 3 heterocycles. The zero-order chi connectivity index (χ0) is 24.7. The summed E-state index contributed by atoms with van der Waals surface area (Å²) in [5, 5.41) is 3.01. The van der Waals surface area contributed by atoms with E-state index in [0.29, 0.717) is 43.9 Å². The molecule has 2 fully saturated rings. The van der Waals surface area contributed by atoms with E-state index in [9.17, 15) is 9.59 Å². The summed E-state index contributed by atoms with van der Waals surface area (Å²) in [4.78, 5) is 29.4. The van der Waals surface area contributed by atoms with Crippen molar-refractivity contribution in [2.75, 3.05) is 32.1 Å². The summed E-state index contributed by atoms with van der Waals surface area (Å²) in [6, 6.07) is 6.09. The number of morpholine rings is 1. The summed E-state index contributed by atoms with van der Waals surface area (Å²) in [5.74, 6) is -1.37. The Morgan fingerprint density at radius 2 is 2.00 bits per heavy atom. The van der Waals surface area contributed by atoms with Gasteiger partial charge >= 0.3 is 6.09 Å². The molecule has 2 aromatic heterocycles. The molecule has 0 radical (unpaired) electrons. The Morgan fingerprint density at radius 1 is 1.26 bits per heavy atom. The minimum Gasteiger partial charge on any atom is -0.453 e. The molecule has 2 aliphatic rings. The number of hydrogen-bond donors (Lipinski definition) is 1. The fourth-order valence-electron chi connectivity index (χ4n) is 4.66. The van der Waals surface area contributed by atoms with Gasteiger partial charge in [0.1, 0.15) is 23.1 Å². The number of halogens is 2. The van der Waals surface area contributed by atoms with Crippen LogP contribution in [0, 0.1) is 18.6 Å². The largest absolute Gasteiger partial charge is 0.453 e. The number of imidazole rings is 1. The van der Waals surface area contributed by atoms with Crippen LogP contribution < -0.4 is 5.32 Å². The van der Waals surface area contributed by atoms with E-state index in [4.69, 9.17) is 9.47 Å². The molecule has 1 unspecified atom stereocenters. The minimum atomic E-state index is -0.750. The van der Waals surface area contributed by atoms with E-state index >= 15 is 8.78 Å². The number of amides is 1. The van der Waals surface area contributed by atoms with Crippen LogP contribution in [0.5, 0.6) is 0 Å². The molecule has 1 saturated carbocycles. The van der Waals surface area contributed by atoms with Crippen LogP contribution in [-0.2, 0) is 20.7 Å². The normalized spacial score (nSPS) is 18.6. The van der Waals surface area contributed by atoms with Crippen molar-refractivity contribution in [3.05, 3.63) is 53.4 Å². The van der Waals surface area contributed by atoms with Crippen molar-refractivity contribution in [2.24, 2.45) is 0 Å². The number of nitrogens with zero attached hydrogens (tertiary/aromatic N) is 3. The number of aryl methyl sites for hydroxylation is 1. The predicted molar refractivity (Wildman–Crippen MR) is 124 cm³/mol. The number of ether oxygens (including phenoxy) is 2. The summed E-state index contributed by atoms with van der Waals surface area (Å²) in [7, 11) is 1.32. The second-order valence-corrected chi connectivity index (χ2v) is 9.06. The molecule has 1 amide bonds. The fraction of sp³-hybridized carbons (Fsp3) is 0.400. The second-order valence-electron chi connectivity index (χ2n) is 9.06. The lowest BCUT2D eigenvalue weighted by molar-refractivity contribution is -0.124. The molecule has 1 aromatic carbocycles. The van der Waals surface area contributed by atoms with Crippen LogP contribution in [0.15, 0.2) is 30.5 Å². The number of Topliss-reactive ketones (excluding diaryl/α,β-unsaturated/α-hetero) is 1. The molecule has 1 atom stereocenters. The highest BCUT2D eigenvalue weighted by molar-refractivity contribution is 5.87. The van der Waals surface area contributed by atoms with E-state index in [0.717, 1.165) is 5.56 Å². The lowest BCUT2D eigenvalue weighted by atomic mass is 9.91. The summed E-state index contributed by atoms with van der Waals surface area (Å²) >= 11 is 0. The highest BCUT2D eigenvalue weighted by atomic mass is 19.1. The number of carbonyl (C=O) groups is 2. The van der Waals surface area contributed by atoms with E-state index in [1.807, 2.05) is 25.3 Å². The number of aromatic nitrogens is 2. The number of ketones is 1. The molecular formula is C25H26F2N4O4. The van der Waals surface area contributed by atoms with Crippen LogP contribution >= 0.6 is 0 Å². The average molecular weight is 485 g/mol. The SMILES string of the molecule is COC(=O)N1CCOC(Cc2c(-c3c(F)cc(NC4CC(=O)C4)cc3F)nc3cc(C)ccn23)C1. The van der Waals surface area contributed by atoms with Gasteiger partial charge in [0.15, 0.2) is 0 Å². The van der Waals surface area contributed by atoms with Crippen LogP contribution in [0.1, 0.15) is 24.1 Å². The molecule has 0 bridgehead atoms. The fourth-order valence-corrected chi connectivity index (χ4v) is 4.66. The van der Waals surface area contributed by atoms with Gasteiger partial charge in [0.25, 0.3) is 0 Å². The number of nitrogens with one attached hydrogen (secondary N) is 1. The van der Waals surface area contributed by atoms with E-state index in [2.05, 4.69) is 10.3 Å². The van der Waals surface area contributed by atoms with E-state index < -0.39 is 23.8 Å². The predicted octanol–water partition coefficient (Wildman–Crippen LogP) is 3.74. The van der Waals surface area contributed by atoms with Gasteiger partial charge in [0.05, 0.1) is 43.3 Å². The number of rotatable bonds is 5. The quantitative estimate of drug-likeness (QED) is 0.594. The summed E-state index contributed by atoms with van der Waals surface area (Å²) in [6.07, 6.45) is 1.97. The van der Waals surface area contributed by atoms with Crippen molar-refractivity contribution in [2.45, 2.75) is 38.3 Å². The van der Waals surface area contributed by atoms with Crippen LogP contribution in [0.3, 0.4) is 0 Å². The highest BCUT2D eigenvalue weighted by Gasteiger charge is 2.30.